The Hall–Kier alpha value is -2.13. The summed E-state index contributed by atoms with van der Waals surface area (Å²) in [7, 11) is 0. The molecule has 3 nitrogen and oxygen atoms in total. The van der Waals surface area contributed by atoms with Crippen molar-refractivity contribution in [3.63, 3.8) is 0 Å². The van der Waals surface area contributed by atoms with E-state index in [1.165, 1.54) is 0 Å². The minimum atomic E-state index is -0.641. The van der Waals surface area contributed by atoms with Crippen molar-refractivity contribution in [2.24, 2.45) is 0 Å². The lowest BCUT2D eigenvalue weighted by molar-refractivity contribution is 0.0241. The Morgan fingerprint density at radius 3 is 2.75 bits per heavy atom. The molecule has 1 atom stereocenters. The maximum atomic E-state index is 11.9. The highest BCUT2D eigenvalue weighted by Crippen LogP contribution is 2.16. The fraction of sp³-hybridized carbons (Fsp3) is 0.235. The molecule has 104 valence electrons. The maximum absolute atomic E-state index is 11.9. The van der Waals surface area contributed by atoms with Crippen LogP contribution in [-0.4, -0.2) is 23.8 Å². The summed E-state index contributed by atoms with van der Waals surface area (Å²) >= 11 is 0. The van der Waals surface area contributed by atoms with Gasteiger partial charge in [-0.05, 0) is 35.7 Å². The third-order valence-electron chi connectivity index (χ3n) is 3.10. The monoisotopic (exact) mass is 270 g/mol. The normalized spacial score (nSPS) is 12.1. The molecule has 0 fully saturated rings. The highest BCUT2D eigenvalue weighted by molar-refractivity contribution is 5.95. The third-order valence-corrected chi connectivity index (χ3v) is 3.10. The fourth-order valence-corrected chi connectivity index (χ4v) is 1.97. The number of aliphatic hydroxyl groups excluding tert-OH is 1. The Balaban J connectivity index is 1.98. The van der Waals surface area contributed by atoms with Gasteiger partial charge in [0, 0.05) is 0 Å². The standard InChI is InChI=1S/C17H18O3/c1-2-3-8-16(18)12-20-17(19)15-10-9-13-6-4-5-7-14(13)11-15/h2,4-7,9-11,16,18H,1,3,8,12H2. The van der Waals surface area contributed by atoms with Gasteiger partial charge in [-0.2, -0.15) is 0 Å². The van der Waals surface area contributed by atoms with Crippen LogP contribution in [0.2, 0.25) is 0 Å². The SMILES string of the molecule is C=CCCC(O)COC(=O)c1ccc2ccccc2c1. The van der Waals surface area contributed by atoms with E-state index in [4.69, 9.17) is 4.74 Å². The van der Waals surface area contributed by atoms with Gasteiger partial charge < -0.3 is 9.84 Å². The zero-order valence-corrected chi connectivity index (χ0v) is 11.3. The van der Waals surface area contributed by atoms with E-state index in [0.717, 1.165) is 10.8 Å². The summed E-state index contributed by atoms with van der Waals surface area (Å²) < 4.78 is 5.11. The van der Waals surface area contributed by atoms with Crippen LogP contribution in [0.3, 0.4) is 0 Å². The van der Waals surface area contributed by atoms with Gasteiger partial charge in [0.05, 0.1) is 11.7 Å². The van der Waals surface area contributed by atoms with Gasteiger partial charge >= 0.3 is 5.97 Å². The summed E-state index contributed by atoms with van der Waals surface area (Å²) in [5.74, 6) is -0.409. The molecule has 0 amide bonds. The first kappa shape index (κ1) is 14.3. The van der Waals surface area contributed by atoms with Crippen molar-refractivity contribution in [3.8, 4) is 0 Å². The van der Waals surface area contributed by atoms with E-state index in [-0.39, 0.29) is 6.61 Å². The first-order valence-corrected chi connectivity index (χ1v) is 6.65. The van der Waals surface area contributed by atoms with Crippen molar-refractivity contribution in [3.05, 3.63) is 60.7 Å². The first-order valence-electron chi connectivity index (χ1n) is 6.65. The van der Waals surface area contributed by atoms with Gasteiger partial charge in [-0.3, -0.25) is 0 Å². The molecule has 0 saturated carbocycles. The molecule has 0 bridgehead atoms. The van der Waals surface area contributed by atoms with Crippen molar-refractivity contribution in [1.29, 1.82) is 0 Å². The maximum Gasteiger partial charge on any atom is 0.338 e. The number of rotatable bonds is 6. The van der Waals surface area contributed by atoms with Gasteiger partial charge in [0.25, 0.3) is 0 Å². The quantitative estimate of drug-likeness (QED) is 0.647. The summed E-state index contributed by atoms with van der Waals surface area (Å²) in [5, 5.41) is 11.7. The number of hydrogen-bond donors (Lipinski definition) is 1. The number of benzene rings is 2. The lowest BCUT2D eigenvalue weighted by atomic mass is 10.1. The zero-order chi connectivity index (χ0) is 14.4. The Bertz CT molecular complexity index is 604. The first-order chi connectivity index (χ1) is 9.70. The average molecular weight is 270 g/mol. The molecule has 0 aliphatic heterocycles. The van der Waals surface area contributed by atoms with Gasteiger partial charge in [-0.15, -0.1) is 6.58 Å². The van der Waals surface area contributed by atoms with E-state index in [0.29, 0.717) is 18.4 Å². The largest absolute Gasteiger partial charge is 0.459 e. The number of aliphatic hydroxyl groups is 1. The average Bonchev–Trinajstić information content (AvgIpc) is 2.50. The lowest BCUT2D eigenvalue weighted by Crippen LogP contribution is -2.18. The number of hydrogen-bond acceptors (Lipinski definition) is 3. The Labute approximate surface area is 118 Å². The molecule has 0 aliphatic rings. The topological polar surface area (TPSA) is 46.5 Å². The molecule has 3 heteroatoms. The number of allylic oxidation sites excluding steroid dienone is 1. The van der Waals surface area contributed by atoms with Crippen molar-refractivity contribution < 1.29 is 14.6 Å². The van der Waals surface area contributed by atoms with Crippen LogP contribution in [-0.2, 0) is 4.74 Å². The van der Waals surface area contributed by atoms with E-state index in [1.54, 1.807) is 18.2 Å². The van der Waals surface area contributed by atoms with Gasteiger partial charge in [-0.25, -0.2) is 4.79 Å². The van der Waals surface area contributed by atoms with Crippen molar-refractivity contribution in [2.75, 3.05) is 6.61 Å². The van der Waals surface area contributed by atoms with Crippen LogP contribution in [0, 0.1) is 0 Å². The molecule has 2 rings (SSSR count). The Morgan fingerprint density at radius 2 is 2.00 bits per heavy atom. The molecule has 2 aromatic rings. The van der Waals surface area contributed by atoms with E-state index < -0.39 is 12.1 Å². The number of ether oxygens (including phenoxy) is 1. The predicted octanol–water partition coefficient (Wildman–Crippen LogP) is 3.32. The molecule has 0 radical (unpaired) electrons. The van der Waals surface area contributed by atoms with Crippen LogP contribution in [0.15, 0.2) is 55.1 Å². The van der Waals surface area contributed by atoms with Crippen LogP contribution >= 0.6 is 0 Å². The predicted molar refractivity (Wildman–Crippen MR) is 79.7 cm³/mol. The minimum absolute atomic E-state index is 0.0134. The number of esters is 1. The molecule has 20 heavy (non-hydrogen) atoms. The molecule has 1 unspecified atom stereocenters. The van der Waals surface area contributed by atoms with Gasteiger partial charge in [0.2, 0.25) is 0 Å². The second-order valence-electron chi connectivity index (χ2n) is 4.68. The molecular formula is C17H18O3. The van der Waals surface area contributed by atoms with E-state index in [1.807, 2.05) is 30.3 Å². The highest BCUT2D eigenvalue weighted by atomic mass is 16.5. The van der Waals surface area contributed by atoms with Crippen LogP contribution < -0.4 is 0 Å². The molecule has 1 N–H and O–H groups in total. The molecule has 0 aliphatic carbocycles. The highest BCUT2D eigenvalue weighted by Gasteiger charge is 2.11. The fourth-order valence-electron chi connectivity index (χ4n) is 1.97. The van der Waals surface area contributed by atoms with Gasteiger partial charge in [0.15, 0.2) is 0 Å². The molecule has 0 heterocycles. The molecule has 0 spiro atoms. The van der Waals surface area contributed by atoms with E-state index in [2.05, 4.69) is 6.58 Å². The minimum Gasteiger partial charge on any atom is -0.459 e. The van der Waals surface area contributed by atoms with Crippen LogP contribution in [0.1, 0.15) is 23.2 Å². The Morgan fingerprint density at radius 1 is 1.25 bits per heavy atom. The van der Waals surface area contributed by atoms with Crippen molar-refractivity contribution >= 4 is 16.7 Å². The van der Waals surface area contributed by atoms with Crippen molar-refractivity contribution in [1.82, 2.24) is 0 Å². The van der Waals surface area contributed by atoms with Gasteiger partial charge in [-0.1, -0.05) is 36.4 Å². The zero-order valence-electron chi connectivity index (χ0n) is 11.3. The summed E-state index contributed by atoms with van der Waals surface area (Å²) in [6.45, 7) is 3.60. The van der Waals surface area contributed by atoms with Crippen LogP contribution in [0.25, 0.3) is 10.8 Å². The van der Waals surface area contributed by atoms with Crippen molar-refractivity contribution in [2.45, 2.75) is 18.9 Å². The van der Waals surface area contributed by atoms with E-state index in [9.17, 15) is 9.90 Å². The summed E-state index contributed by atoms with van der Waals surface area (Å²) in [4.78, 5) is 11.9. The van der Waals surface area contributed by atoms with Crippen LogP contribution in [0.4, 0.5) is 0 Å². The van der Waals surface area contributed by atoms with Crippen LogP contribution in [0.5, 0.6) is 0 Å². The number of carbonyl (C=O) groups excluding carboxylic acids is 1. The summed E-state index contributed by atoms with van der Waals surface area (Å²) in [6, 6.07) is 13.2. The smallest absolute Gasteiger partial charge is 0.338 e. The molecular weight excluding hydrogens is 252 g/mol. The lowest BCUT2D eigenvalue weighted by Gasteiger charge is -2.10. The molecule has 2 aromatic carbocycles. The number of fused-ring (bicyclic) bond motifs is 1. The number of carbonyl (C=O) groups is 1. The second-order valence-corrected chi connectivity index (χ2v) is 4.68. The summed E-state index contributed by atoms with van der Waals surface area (Å²) in [6.07, 6.45) is 2.34. The molecule has 0 saturated heterocycles. The third kappa shape index (κ3) is 3.68. The van der Waals surface area contributed by atoms with E-state index >= 15 is 0 Å². The second kappa shape index (κ2) is 6.87. The van der Waals surface area contributed by atoms with Gasteiger partial charge in [0.1, 0.15) is 6.61 Å². The Kier molecular flexibility index (Phi) is 4.91. The summed E-state index contributed by atoms with van der Waals surface area (Å²) in [5.41, 5.74) is 0.500. The molecule has 0 aromatic heterocycles.